The van der Waals surface area contributed by atoms with Crippen LogP contribution in [0.25, 0.3) is 0 Å². The zero-order valence-electron chi connectivity index (χ0n) is 15.7. The predicted octanol–water partition coefficient (Wildman–Crippen LogP) is 1.30. The van der Waals surface area contributed by atoms with Crippen LogP contribution in [0.15, 0.2) is 29.3 Å². The van der Waals surface area contributed by atoms with E-state index in [1.54, 1.807) is 0 Å². The molecule has 1 heterocycles. The van der Waals surface area contributed by atoms with Crippen LogP contribution < -0.4 is 20.3 Å². The molecule has 1 saturated heterocycles. The normalized spacial score (nSPS) is 17.7. The van der Waals surface area contributed by atoms with Crippen molar-refractivity contribution in [2.24, 2.45) is 4.99 Å². The number of rotatable bonds is 7. The Morgan fingerprint density at radius 3 is 2.62 bits per heavy atom. The molecule has 148 valence electrons. The van der Waals surface area contributed by atoms with Crippen LogP contribution in [0.5, 0.6) is 0 Å². The monoisotopic (exact) mass is 495 g/mol. The number of hydrogen-bond acceptors (Lipinski definition) is 4. The van der Waals surface area contributed by atoms with Crippen LogP contribution in [-0.2, 0) is 10.0 Å². The third kappa shape index (κ3) is 8.09. The first kappa shape index (κ1) is 23.0. The first-order valence-electron chi connectivity index (χ1n) is 8.68. The van der Waals surface area contributed by atoms with Crippen LogP contribution in [0.2, 0.25) is 0 Å². The summed E-state index contributed by atoms with van der Waals surface area (Å²) in [5.41, 5.74) is 2.51. The summed E-state index contributed by atoms with van der Waals surface area (Å²) in [4.78, 5) is 6.81. The quantitative estimate of drug-likeness (QED) is 0.230. The topological polar surface area (TPSA) is 85.8 Å². The van der Waals surface area contributed by atoms with E-state index in [1.807, 2.05) is 6.92 Å². The highest BCUT2D eigenvalue weighted by Crippen LogP contribution is 2.20. The summed E-state index contributed by atoms with van der Waals surface area (Å²) >= 11 is 0. The van der Waals surface area contributed by atoms with E-state index in [2.05, 4.69) is 56.4 Å². The van der Waals surface area contributed by atoms with Crippen molar-refractivity contribution >= 4 is 45.6 Å². The van der Waals surface area contributed by atoms with Gasteiger partial charge in [0, 0.05) is 37.9 Å². The standard InChI is InChI=1S/C17H29N5O2S.HI/c1-4-18-17(19-10-11-20-25(3,23)24)21-15-9-12-22(13-15)16-7-5-14(2)6-8-16;/h5-8,15,20H,4,9-13H2,1-3H3,(H2,18,19,21);1H. The van der Waals surface area contributed by atoms with Crippen molar-refractivity contribution in [2.45, 2.75) is 26.3 Å². The molecule has 1 atom stereocenters. The van der Waals surface area contributed by atoms with E-state index in [4.69, 9.17) is 0 Å². The Labute approximate surface area is 174 Å². The second kappa shape index (κ2) is 10.9. The number of sulfonamides is 1. The van der Waals surface area contributed by atoms with E-state index < -0.39 is 10.0 Å². The van der Waals surface area contributed by atoms with Crippen molar-refractivity contribution < 1.29 is 8.42 Å². The summed E-state index contributed by atoms with van der Waals surface area (Å²) in [6.45, 7) is 7.51. The van der Waals surface area contributed by atoms with Crippen LogP contribution in [0.3, 0.4) is 0 Å². The Kier molecular flexibility index (Phi) is 9.66. The minimum Gasteiger partial charge on any atom is -0.369 e. The first-order chi connectivity index (χ1) is 11.9. The van der Waals surface area contributed by atoms with Gasteiger partial charge in [0.05, 0.1) is 12.8 Å². The molecule has 1 aromatic carbocycles. The minimum absolute atomic E-state index is 0. The Morgan fingerprint density at radius 2 is 2.00 bits per heavy atom. The zero-order valence-corrected chi connectivity index (χ0v) is 18.8. The number of anilines is 1. The van der Waals surface area contributed by atoms with Gasteiger partial charge in [0.15, 0.2) is 5.96 Å². The number of aliphatic imine (C=N–C) groups is 1. The molecule has 1 aromatic rings. The number of hydrogen-bond donors (Lipinski definition) is 3. The number of benzene rings is 1. The molecule has 0 saturated carbocycles. The van der Waals surface area contributed by atoms with Gasteiger partial charge in [-0.2, -0.15) is 0 Å². The van der Waals surface area contributed by atoms with Gasteiger partial charge in [-0.25, -0.2) is 13.1 Å². The Morgan fingerprint density at radius 1 is 1.31 bits per heavy atom. The van der Waals surface area contributed by atoms with Gasteiger partial charge in [-0.1, -0.05) is 17.7 Å². The van der Waals surface area contributed by atoms with E-state index in [1.165, 1.54) is 11.3 Å². The minimum atomic E-state index is -3.16. The van der Waals surface area contributed by atoms with Crippen molar-refractivity contribution in [1.29, 1.82) is 0 Å². The molecule has 7 nitrogen and oxygen atoms in total. The van der Waals surface area contributed by atoms with Crippen LogP contribution in [0, 0.1) is 6.92 Å². The van der Waals surface area contributed by atoms with Gasteiger partial charge in [-0.05, 0) is 32.4 Å². The van der Waals surface area contributed by atoms with Gasteiger partial charge < -0.3 is 15.5 Å². The van der Waals surface area contributed by atoms with Crippen molar-refractivity contribution in [3.8, 4) is 0 Å². The molecular weight excluding hydrogens is 465 g/mol. The van der Waals surface area contributed by atoms with E-state index in [0.29, 0.717) is 19.1 Å². The van der Waals surface area contributed by atoms with E-state index >= 15 is 0 Å². The van der Waals surface area contributed by atoms with E-state index in [-0.39, 0.29) is 24.0 Å². The predicted molar refractivity (Wildman–Crippen MR) is 119 cm³/mol. The molecule has 2 rings (SSSR count). The molecule has 0 spiro atoms. The Hall–Kier alpha value is -1.07. The molecule has 9 heteroatoms. The maximum atomic E-state index is 11.1. The SMILES string of the molecule is CCNC(=NCCNS(C)(=O)=O)NC1CCN(c2ccc(C)cc2)C1.I. The molecule has 0 aromatic heterocycles. The molecule has 0 aliphatic carbocycles. The smallest absolute Gasteiger partial charge is 0.208 e. The highest BCUT2D eigenvalue weighted by molar-refractivity contribution is 14.0. The summed E-state index contributed by atoms with van der Waals surface area (Å²) in [7, 11) is -3.16. The number of nitrogens with zero attached hydrogens (tertiary/aromatic N) is 2. The summed E-state index contributed by atoms with van der Waals surface area (Å²) in [5, 5.41) is 6.66. The molecule has 1 aliphatic rings. The second-order valence-corrected chi connectivity index (χ2v) is 8.17. The fourth-order valence-electron chi connectivity index (χ4n) is 2.78. The lowest BCUT2D eigenvalue weighted by molar-refractivity contribution is 0.588. The molecule has 26 heavy (non-hydrogen) atoms. The van der Waals surface area contributed by atoms with Gasteiger partial charge in [0.25, 0.3) is 0 Å². The maximum Gasteiger partial charge on any atom is 0.208 e. The maximum absolute atomic E-state index is 11.1. The molecule has 3 N–H and O–H groups in total. The largest absolute Gasteiger partial charge is 0.369 e. The summed E-state index contributed by atoms with van der Waals surface area (Å²) in [6, 6.07) is 8.91. The Balaban J connectivity index is 0.00000338. The fraction of sp³-hybridized carbons (Fsp3) is 0.588. The second-order valence-electron chi connectivity index (χ2n) is 6.34. The molecule has 0 bridgehead atoms. The summed E-state index contributed by atoms with van der Waals surface area (Å²) in [6.07, 6.45) is 2.19. The number of aryl methyl sites for hydroxylation is 1. The van der Waals surface area contributed by atoms with Crippen molar-refractivity contribution in [3.05, 3.63) is 29.8 Å². The Bertz CT molecular complexity index is 679. The molecule has 1 aliphatic heterocycles. The molecule has 1 unspecified atom stereocenters. The average molecular weight is 495 g/mol. The van der Waals surface area contributed by atoms with E-state index in [0.717, 1.165) is 38.3 Å². The van der Waals surface area contributed by atoms with Gasteiger partial charge in [0.1, 0.15) is 0 Å². The molecule has 0 amide bonds. The number of nitrogens with one attached hydrogen (secondary N) is 3. The van der Waals surface area contributed by atoms with Crippen LogP contribution >= 0.6 is 24.0 Å². The molecular formula is C17H30IN5O2S. The van der Waals surface area contributed by atoms with Crippen molar-refractivity contribution in [2.75, 3.05) is 43.9 Å². The van der Waals surface area contributed by atoms with Gasteiger partial charge in [0.2, 0.25) is 10.0 Å². The average Bonchev–Trinajstić information content (AvgIpc) is 3.00. The molecule has 0 radical (unpaired) electrons. The van der Waals surface area contributed by atoms with E-state index in [9.17, 15) is 8.42 Å². The lowest BCUT2D eigenvalue weighted by Gasteiger charge is -2.20. The van der Waals surface area contributed by atoms with Crippen LogP contribution in [0.4, 0.5) is 5.69 Å². The first-order valence-corrected chi connectivity index (χ1v) is 10.6. The lowest BCUT2D eigenvalue weighted by atomic mass is 10.2. The summed E-state index contributed by atoms with van der Waals surface area (Å²) in [5.74, 6) is 0.730. The number of guanidine groups is 1. The zero-order chi connectivity index (χ0) is 18.3. The highest BCUT2D eigenvalue weighted by Gasteiger charge is 2.23. The number of halogens is 1. The fourth-order valence-corrected chi connectivity index (χ4v) is 3.24. The highest BCUT2D eigenvalue weighted by atomic mass is 127. The third-order valence-corrected chi connectivity index (χ3v) is 4.75. The van der Waals surface area contributed by atoms with Crippen LogP contribution in [0.1, 0.15) is 18.9 Å². The summed E-state index contributed by atoms with van der Waals surface area (Å²) < 4.78 is 24.6. The lowest BCUT2D eigenvalue weighted by Crippen LogP contribution is -2.45. The van der Waals surface area contributed by atoms with Gasteiger partial charge in [-0.15, -0.1) is 24.0 Å². The van der Waals surface area contributed by atoms with Crippen molar-refractivity contribution in [1.82, 2.24) is 15.4 Å². The van der Waals surface area contributed by atoms with Gasteiger partial charge >= 0.3 is 0 Å². The molecule has 1 fully saturated rings. The third-order valence-electron chi connectivity index (χ3n) is 4.02. The van der Waals surface area contributed by atoms with Gasteiger partial charge in [-0.3, -0.25) is 4.99 Å². The van der Waals surface area contributed by atoms with Crippen LogP contribution in [-0.4, -0.2) is 59.4 Å². The van der Waals surface area contributed by atoms with Crippen molar-refractivity contribution in [3.63, 3.8) is 0 Å².